The molecule has 0 fully saturated rings. The molecule has 0 aliphatic carbocycles. The van der Waals surface area contributed by atoms with Crippen LogP contribution in [0.4, 0.5) is 11.5 Å². The van der Waals surface area contributed by atoms with E-state index in [0.29, 0.717) is 23.0 Å². The van der Waals surface area contributed by atoms with E-state index in [4.69, 9.17) is 16.2 Å². The number of aromatic nitrogens is 3. The molecule has 0 radical (unpaired) electrons. The number of rotatable bonds is 4. The molecule has 6 nitrogen and oxygen atoms in total. The molecule has 0 atom stereocenters. The topological polar surface area (TPSA) is 92.0 Å². The first kappa shape index (κ1) is 20.5. The van der Waals surface area contributed by atoms with Gasteiger partial charge in [-0.2, -0.15) is 0 Å². The Balaban J connectivity index is 0.000000755. The van der Waals surface area contributed by atoms with Gasteiger partial charge in [0, 0.05) is 24.9 Å². The minimum atomic E-state index is 0.432. The van der Waals surface area contributed by atoms with Crippen LogP contribution in [0.25, 0.3) is 21.9 Å². The number of fused-ring (bicyclic) bond motifs is 3. The molecule has 0 saturated carbocycles. The Morgan fingerprint density at radius 2 is 1.72 bits per heavy atom. The van der Waals surface area contributed by atoms with Gasteiger partial charge < -0.3 is 20.8 Å². The maximum Gasteiger partial charge on any atom is 0.152 e. The molecule has 0 bridgehead atoms. The highest BCUT2D eigenvalue weighted by Crippen LogP contribution is 2.33. The smallest absolute Gasteiger partial charge is 0.152 e. The van der Waals surface area contributed by atoms with Crippen molar-refractivity contribution in [1.29, 1.82) is 0 Å². The highest BCUT2D eigenvalue weighted by atomic mass is 16.5. The number of para-hydroxylation sites is 2. The second-order valence-corrected chi connectivity index (χ2v) is 7.06. The lowest BCUT2D eigenvalue weighted by molar-refractivity contribution is 0.486. The van der Waals surface area contributed by atoms with Crippen molar-refractivity contribution in [1.82, 2.24) is 14.5 Å². The van der Waals surface area contributed by atoms with E-state index in [1.807, 2.05) is 43.4 Å². The van der Waals surface area contributed by atoms with E-state index < -0.39 is 0 Å². The molecule has 2 aromatic carbocycles. The summed E-state index contributed by atoms with van der Waals surface area (Å²) in [4.78, 5) is 9.21. The Bertz CT molecular complexity index is 1130. The molecule has 0 spiro atoms. The third-order valence-electron chi connectivity index (χ3n) is 4.52. The van der Waals surface area contributed by atoms with Gasteiger partial charge in [-0.05, 0) is 30.7 Å². The fourth-order valence-electron chi connectivity index (χ4n) is 3.23. The summed E-state index contributed by atoms with van der Waals surface area (Å²) in [6.07, 6.45) is 3.18. The van der Waals surface area contributed by atoms with Crippen molar-refractivity contribution in [3.8, 4) is 11.5 Å². The first-order valence-electron chi connectivity index (χ1n) is 10.1. The first-order valence-corrected chi connectivity index (χ1v) is 10.1. The monoisotopic (exact) mass is 391 g/mol. The maximum atomic E-state index is 6.18. The number of hydrogen-bond acceptors (Lipinski definition) is 5. The summed E-state index contributed by atoms with van der Waals surface area (Å²) in [5.74, 6) is 2.73. The average molecular weight is 392 g/mol. The van der Waals surface area contributed by atoms with Crippen LogP contribution in [0.3, 0.4) is 0 Å². The molecule has 0 saturated heterocycles. The number of nitrogens with zero attached hydrogens (tertiary/aromatic N) is 3. The van der Waals surface area contributed by atoms with E-state index >= 15 is 0 Å². The molecule has 2 aromatic heterocycles. The summed E-state index contributed by atoms with van der Waals surface area (Å²) >= 11 is 0. The Labute approximate surface area is 171 Å². The lowest BCUT2D eigenvalue weighted by Gasteiger charge is -2.10. The average Bonchev–Trinajstić information content (AvgIpc) is 3.02. The quantitative estimate of drug-likeness (QED) is 0.451. The molecule has 4 aromatic rings. The predicted octanol–water partition coefficient (Wildman–Crippen LogP) is 5.45. The van der Waals surface area contributed by atoms with Crippen LogP contribution in [0.15, 0.2) is 42.5 Å². The van der Waals surface area contributed by atoms with E-state index in [1.165, 1.54) is 6.42 Å². The van der Waals surface area contributed by atoms with Gasteiger partial charge in [0.1, 0.15) is 22.8 Å². The van der Waals surface area contributed by atoms with E-state index in [-0.39, 0.29) is 0 Å². The number of aryl methyl sites for hydroxylation is 2. The molecule has 2 heterocycles. The van der Waals surface area contributed by atoms with Crippen molar-refractivity contribution < 1.29 is 4.74 Å². The van der Waals surface area contributed by atoms with Gasteiger partial charge in [-0.15, -0.1) is 0 Å². The summed E-state index contributed by atoms with van der Waals surface area (Å²) in [6.45, 7) is 6.39. The van der Waals surface area contributed by atoms with Crippen molar-refractivity contribution >= 4 is 33.4 Å². The minimum Gasteiger partial charge on any atom is -0.455 e. The van der Waals surface area contributed by atoms with Crippen molar-refractivity contribution in [2.45, 2.75) is 40.0 Å². The summed E-state index contributed by atoms with van der Waals surface area (Å²) in [6, 6.07) is 13.2. The molecule has 4 N–H and O–H groups in total. The predicted molar refractivity (Wildman–Crippen MR) is 121 cm³/mol. The van der Waals surface area contributed by atoms with Gasteiger partial charge in [-0.25, -0.2) is 9.97 Å². The Hall–Kier alpha value is -3.28. The fraction of sp³-hybridized carbons (Fsp3) is 0.304. The second kappa shape index (κ2) is 8.82. The van der Waals surface area contributed by atoms with Crippen LogP contribution in [0.5, 0.6) is 11.5 Å². The molecule has 0 amide bonds. The van der Waals surface area contributed by atoms with Gasteiger partial charge in [-0.1, -0.05) is 39.3 Å². The lowest BCUT2D eigenvalue weighted by atomic mass is 10.1. The number of anilines is 2. The Kier molecular flexibility index (Phi) is 6.22. The van der Waals surface area contributed by atoms with Crippen molar-refractivity contribution in [3.05, 3.63) is 48.3 Å². The highest BCUT2D eigenvalue weighted by molar-refractivity contribution is 6.06. The molecule has 0 aliphatic rings. The van der Waals surface area contributed by atoms with E-state index in [2.05, 4.69) is 35.3 Å². The third-order valence-corrected chi connectivity index (χ3v) is 4.52. The van der Waals surface area contributed by atoms with Crippen LogP contribution >= 0.6 is 0 Å². The highest BCUT2D eigenvalue weighted by Gasteiger charge is 2.15. The number of hydrogen-bond donors (Lipinski definition) is 2. The van der Waals surface area contributed by atoms with Gasteiger partial charge in [0.25, 0.3) is 0 Å². The van der Waals surface area contributed by atoms with Crippen molar-refractivity contribution in [2.75, 3.05) is 11.5 Å². The lowest BCUT2D eigenvalue weighted by Crippen LogP contribution is -1.98. The summed E-state index contributed by atoms with van der Waals surface area (Å²) in [7, 11) is 2.02. The van der Waals surface area contributed by atoms with Crippen molar-refractivity contribution in [2.24, 2.45) is 7.05 Å². The Morgan fingerprint density at radius 3 is 2.41 bits per heavy atom. The molecule has 0 unspecified atom stereocenters. The van der Waals surface area contributed by atoms with E-state index in [9.17, 15) is 0 Å². The Morgan fingerprint density at radius 1 is 1.00 bits per heavy atom. The molecule has 0 aliphatic heterocycles. The summed E-state index contributed by atoms with van der Waals surface area (Å²) in [5, 5.41) is 1.000. The maximum absolute atomic E-state index is 6.18. The largest absolute Gasteiger partial charge is 0.455 e. The number of ether oxygens (including phenoxy) is 1. The van der Waals surface area contributed by atoms with Gasteiger partial charge >= 0.3 is 0 Å². The number of benzene rings is 2. The normalized spacial score (nSPS) is 10.8. The van der Waals surface area contributed by atoms with Gasteiger partial charge in [-0.3, -0.25) is 0 Å². The fourth-order valence-corrected chi connectivity index (χ4v) is 3.23. The van der Waals surface area contributed by atoms with Crippen molar-refractivity contribution in [3.63, 3.8) is 0 Å². The SMILES string of the molecule is CCC.CCCc1nc2c(N)nc3cc(Oc4ccccc4N)ccc3c2n1C. The van der Waals surface area contributed by atoms with Crippen LogP contribution in [0, 0.1) is 0 Å². The molecule has 6 heteroatoms. The van der Waals surface area contributed by atoms with Crippen LogP contribution in [0.2, 0.25) is 0 Å². The zero-order valence-electron chi connectivity index (χ0n) is 17.6. The second-order valence-electron chi connectivity index (χ2n) is 7.06. The standard InChI is InChI=1S/C20H21N5O.C3H8/c1-3-6-17-24-18-19(25(17)2)13-10-9-12(11-15(13)23-20(18)22)26-16-8-5-4-7-14(16)21;1-3-2/h4-5,7-11H,3,6,21H2,1-2H3,(H2,22,23);3H2,1-2H3. The first-order chi connectivity index (χ1) is 14.0. The number of imidazole rings is 1. The summed E-state index contributed by atoms with van der Waals surface area (Å²) < 4.78 is 8.02. The number of nitrogens with two attached hydrogens (primary N) is 2. The molecule has 29 heavy (non-hydrogen) atoms. The van der Waals surface area contributed by atoms with Gasteiger partial charge in [0.2, 0.25) is 0 Å². The van der Waals surface area contributed by atoms with Gasteiger partial charge in [0.15, 0.2) is 5.82 Å². The van der Waals surface area contributed by atoms with Gasteiger partial charge in [0.05, 0.1) is 16.7 Å². The van der Waals surface area contributed by atoms with Crippen LogP contribution in [-0.4, -0.2) is 14.5 Å². The van der Waals surface area contributed by atoms with Crippen LogP contribution in [-0.2, 0) is 13.5 Å². The third kappa shape index (κ3) is 4.11. The molecule has 4 rings (SSSR count). The van der Waals surface area contributed by atoms with E-state index in [0.717, 1.165) is 40.6 Å². The molecular formula is C23H29N5O. The van der Waals surface area contributed by atoms with Crippen LogP contribution in [0.1, 0.15) is 39.4 Å². The summed E-state index contributed by atoms with van der Waals surface area (Å²) in [5.41, 5.74) is 15.3. The zero-order chi connectivity index (χ0) is 21.0. The minimum absolute atomic E-state index is 0.432. The number of nitrogen functional groups attached to an aromatic ring is 2. The van der Waals surface area contributed by atoms with E-state index in [1.54, 1.807) is 6.07 Å². The van der Waals surface area contributed by atoms with Crippen LogP contribution < -0.4 is 16.2 Å². The zero-order valence-corrected chi connectivity index (χ0v) is 17.6. The molecular weight excluding hydrogens is 362 g/mol. The number of pyridine rings is 1. The molecule has 152 valence electrons.